The minimum absolute atomic E-state index is 0. The zero-order chi connectivity index (χ0) is 19.1. The lowest BCUT2D eigenvalue weighted by Gasteiger charge is -2.27. The van der Waals surface area contributed by atoms with Gasteiger partial charge in [-0.2, -0.15) is 0 Å². The molecule has 0 saturated carbocycles. The molecule has 3 rings (SSSR count). The second kappa shape index (κ2) is 11.4. The molecule has 0 fully saturated rings. The standard InChI is InChI=1S/C21H28N4OS.HI/c1-3-22-21(24(2)15-17-7-5-4-6-8-17)23-12-9-20(26)25-13-10-19-18(16-25)11-14-27-19;/h4-8,11,14H,3,9-10,12-13,15-16H2,1-2H3,(H,22,23);1H. The minimum atomic E-state index is 0. The van der Waals surface area contributed by atoms with Gasteiger partial charge in [-0.05, 0) is 35.9 Å². The summed E-state index contributed by atoms with van der Waals surface area (Å²) in [5, 5.41) is 5.44. The lowest BCUT2D eigenvalue weighted by Crippen LogP contribution is -2.39. The summed E-state index contributed by atoms with van der Waals surface area (Å²) in [5.74, 6) is 1.03. The number of amides is 1. The summed E-state index contributed by atoms with van der Waals surface area (Å²) in [7, 11) is 2.03. The van der Waals surface area contributed by atoms with Gasteiger partial charge >= 0.3 is 0 Å². The van der Waals surface area contributed by atoms with Crippen LogP contribution in [-0.4, -0.2) is 48.3 Å². The molecule has 1 aromatic heterocycles. The summed E-state index contributed by atoms with van der Waals surface area (Å²) in [6.45, 7) is 5.72. The molecule has 0 saturated heterocycles. The second-order valence-electron chi connectivity index (χ2n) is 6.76. The topological polar surface area (TPSA) is 47.9 Å². The first-order valence-corrected chi connectivity index (χ1v) is 10.4. The van der Waals surface area contributed by atoms with Crippen molar-refractivity contribution in [3.05, 3.63) is 57.8 Å². The molecule has 0 bridgehead atoms. The summed E-state index contributed by atoms with van der Waals surface area (Å²) < 4.78 is 0. The van der Waals surface area contributed by atoms with E-state index in [9.17, 15) is 4.79 Å². The van der Waals surface area contributed by atoms with Crippen molar-refractivity contribution in [2.24, 2.45) is 4.99 Å². The predicted octanol–water partition coefficient (Wildman–Crippen LogP) is 3.74. The lowest BCUT2D eigenvalue weighted by molar-refractivity contribution is -0.131. The number of guanidine groups is 1. The quantitative estimate of drug-likeness (QED) is 0.365. The second-order valence-corrected chi connectivity index (χ2v) is 7.76. The average molecular weight is 512 g/mol. The molecule has 1 aliphatic rings. The van der Waals surface area contributed by atoms with E-state index < -0.39 is 0 Å². The molecule has 28 heavy (non-hydrogen) atoms. The lowest BCUT2D eigenvalue weighted by atomic mass is 10.1. The molecule has 5 nitrogen and oxygen atoms in total. The number of halogens is 1. The maximum absolute atomic E-state index is 12.6. The van der Waals surface area contributed by atoms with Crippen LogP contribution in [0.4, 0.5) is 0 Å². The molecule has 1 amide bonds. The summed E-state index contributed by atoms with van der Waals surface area (Å²) in [4.78, 5) is 22.7. The maximum atomic E-state index is 12.6. The fourth-order valence-electron chi connectivity index (χ4n) is 3.28. The number of nitrogens with zero attached hydrogens (tertiary/aromatic N) is 3. The van der Waals surface area contributed by atoms with E-state index in [0.717, 1.165) is 38.6 Å². The van der Waals surface area contributed by atoms with E-state index in [1.54, 1.807) is 11.3 Å². The van der Waals surface area contributed by atoms with Crippen LogP contribution >= 0.6 is 35.3 Å². The van der Waals surface area contributed by atoms with Crippen LogP contribution in [0.2, 0.25) is 0 Å². The van der Waals surface area contributed by atoms with Crippen LogP contribution in [0.25, 0.3) is 0 Å². The van der Waals surface area contributed by atoms with Crippen molar-refractivity contribution in [1.29, 1.82) is 0 Å². The van der Waals surface area contributed by atoms with Crippen LogP contribution in [0, 0.1) is 0 Å². The van der Waals surface area contributed by atoms with E-state index in [4.69, 9.17) is 0 Å². The van der Waals surface area contributed by atoms with Gasteiger partial charge in [0.2, 0.25) is 5.91 Å². The third-order valence-corrected chi connectivity index (χ3v) is 5.73. The van der Waals surface area contributed by atoms with Crippen LogP contribution in [0.5, 0.6) is 0 Å². The van der Waals surface area contributed by atoms with Gasteiger partial charge in [-0.3, -0.25) is 9.79 Å². The van der Waals surface area contributed by atoms with Crippen molar-refractivity contribution in [1.82, 2.24) is 15.1 Å². The fraction of sp³-hybridized carbons (Fsp3) is 0.429. The Balaban J connectivity index is 0.00000280. The third kappa shape index (κ3) is 6.20. The number of nitrogens with one attached hydrogen (secondary N) is 1. The Kier molecular flexibility index (Phi) is 9.24. The highest BCUT2D eigenvalue weighted by Crippen LogP contribution is 2.24. The number of hydrogen-bond acceptors (Lipinski definition) is 3. The van der Waals surface area contributed by atoms with Gasteiger partial charge in [-0.1, -0.05) is 30.3 Å². The van der Waals surface area contributed by atoms with E-state index in [1.165, 1.54) is 16.0 Å². The van der Waals surface area contributed by atoms with Gasteiger partial charge in [-0.25, -0.2) is 0 Å². The number of fused-ring (bicyclic) bond motifs is 1. The number of hydrogen-bond donors (Lipinski definition) is 1. The van der Waals surface area contributed by atoms with Crippen LogP contribution in [0.1, 0.15) is 29.3 Å². The first kappa shape index (κ1) is 22.7. The molecular formula is C21H29IN4OS. The smallest absolute Gasteiger partial charge is 0.224 e. The molecule has 1 aromatic carbocycles. The Bertz CT molecular complexity index is 778. The highest BCUT2D eigenvalue weighted by atomic mass is 127. The highest BCUT2D eigenvalue weighted by Gasteiger charge is 2.21. The van der Waals surface area contributed by atoms with Crippen molar-refractivity contribution >= 4 is 47.2 Å². The van der Waals surface area contributed by atoms with Gasteiger partial charge < -0.3 is 15.1 Å². The van der Waals surface area contributed by atoms with Gasteiger partial charge in [0.1, 0.15) is 0 Å². The first-order chi connectivity index (χ1) is 13.2. The third-order valence-electron chi connectivity index (χ3n) is 4.71. The van der Waals surface area contributed by atoms with E-state index in [1.807, 2.05) is 30.1 Å². The Morgan fingerprint density at radius 2 is 2.07 bits per heavy atom. The van der Waals surface area contributed by atoms with Crippen molar-refractivity contribution < 1.29 is 4.79 Å². The number of rotatable bonds is 6. The van der Waals surface area contributed by atoms with Crippen LogP contribution < -0.4 is 5.32 Å². The summed E-state index contributed by atoms with van der Waals surface area (Å²) in [6, 6.07) is 12.5. The van der Waals surface area contributed by atoms with Crippen LogP contribution in [0.15, 0.2) is 46.8 Å². The van der Waals surface area contributed by atoms with E-state index in [2.05, 4.69) is 45.7 Å². The molecular weight excluding hydrogens is 483 g/mol. The SMILES string of the molecule is CCNC(=NCCC(=O)N1CCc2sccc2C1)N(C)Cc1ccccc1.I. The fourth-order valence-corrected chi connectivity index (χ4v) is 4.17. The van der Waals surface area contributed by atoms with E-state index in [-0.39, 0.29) is 29.9 Å². The number of carbonyl (C=O) groups excluding carboxylic acids is 1. The molecule has 2 heterocycles. The Hall–Kier alpha value is -1.61. The van der Waals surface area contributed by atoms with Gasteiger partial charge in [0.05, 0.1) is 6.54 Å². The molecule has 2 aromatic rings. The normalized spacial score (nSPS) is 13.5. The molecule has 0 unspecified atom stereocenters. The molecule has 0 spiro atoms. The zero-order valence-electron chi connectivity index (χ0n) is 16.6. The van der Waals surface area contributed by atoms with Crippen LogP contribution in [0.3, 0.4) is 0 Å². The monoisotopic (exact) mass is 512 g/mol. The van der Waals surface area contributed by atoms with Crippen molar-refractivity contribution in [2.75, 3.05) is 26.7 Å². The molecule has 152 valence electrons. The molecule has 0 radical (unpaired) electrons. The largest absolute Gasteiger partial charge is 0.357 e. The molecule has 0 atom stereocenters. The zero-order valence-corrected chi connectivity index (χ0v) is 19.7. The predicted molar refractivity (Wildman–Crippen MR) is 127 cm³/mol. The van der Waals surface area contributed by atoms with Gasteiger partial charge in [-0.15, -0.1) is 35.3 Å². The Morgan fingerprint density at radius 3 is 2.82 bits per heavy atom. The van der Waals surface area contributed by atoms with E-state index in [0.29, 0.717) is 13.0 Å². The molecule has 0 aliphatic carbocycles. The van der Waals surface area contributed by atoms with Crippen molar-refractivity contribution in [3.8, 4) is 0 Å². The summed E-state index contributed by atoms with van der Waals surface area (Å²) in [6.07, 6.45) is 1.43. The minimum Gasteiger partial charge on any atom is -0.357 e. The van der Waals surface area contributed by atoms with Gasteiger partial charge in [0.25, 0.3) is 0 Å². The van der Waals surface area contributed by atoms with E-state index >= 15 is 0 Å². The first-order valence-electron chi connectivity index (χ1n) is 9.53. The van der Waals surface area contributed by atoms with Crippen LogP contribution in [-0.2, 0) is 24.3 Å². The number of benzene rings is 1. The number of thiophene rings is 1. The Morgan fingerprint density at radius 1 is 1.29 bits per heavy atom. The van der Waals surface area contributed by atoms with Gasteiger partial charge in [0.15, 0.2) is 5.96 Å². The summed E-state index contributed by atoms with van der Waals surface area (Å²) in [5.41, 5.74) is 2.54. The number of aliphatic imine (C=N–C) groups is 1. The Labute approximate surface area is 188 Å². The molecule has 1 aliphatic heterocycles. The molecule has 1 N–H and O–H groups in total. The molecule has 7 heteroatoms. The van der Waals surface area contributed by atoms with Gasteiger partial charge in [0, 0.05) is 44.5 Å². The maximum Gasteiger partial charge on any atom is 0.224 e. The average Bonchev–Trinajstić information content (AvgIpc) is 3.15. The highest BCUT2D eigenvalue weighted by molar-refractivity contribution is 14.0. The van der Waals surface area contributed by atoms with Crippen molar-refractivity contribution in [3.63, 3.8) is 0 Å². The number of carbonyl (C=O) groups is 1. The summed E-state index contributed by atoms with van der Waals surface area (Å²) >= 11 is 1.80. The van der Waals surface area contributed by atoms with Crippen molar-refractivity contribution in [2.45, 2.75) is 32.9 Å².